The van der Waals surface area contributed by atoms with Gasteiger partial charge in [-0.15, -0.1) is 0 Å². The molecule has 0 amide bonds. The molecule has 0 aliphatic heterocycles. The third-order valence-electron chi connectivity index (χ3n) is 2.14. The molecule has 84 valence electrons. The molecule has 0 aromatic rings. The zero-order valence-electron chi connectivity index (χ0n) is 10.5. The number of rotatable bonds is 6. The van der Waals surface area contributed by atoms with Crippen molar-refractivity contribution in [2.24, 2.45) is 0 Å². The molecule has 0 aliphatic rings. The van der Waals surface area contributed by atoms with E-state index in [1.165, 1.54) is 0 Å². The first-order valence-electron chi connectivity index (χ1n) is 5.35. The lowest BCUT2D eigenvalue weighted by Gasteiger charge is -2.21. The summed E-state index contributed by atoms with van der Waals surface area (Å²) in [7, 11) is 2.01. The summed E-state index contributed by atoms with van der Waals surface area (Å²) in [5.74, 6) is 0. The molecular formula is C14H20BN. The largest absolute Gasteiger partial charge is 0.394 e. The van der Waals surface area contributed by atoms with Crippen molar-refractivity contribution >= 4 is 7.98 Å². The summed E-state index contributed by atoms with van der Waals surface area (Å²) in [4.78, 5) is 2.06. The molecule has 0 aliphatic carbocycles. The Morgan fingerprint density at radius 2 is 1.81 bits per heavy atom. The summed E-state index contributed by atoms with van der Waals surface area (Å²) in [5, 5.41) is 0. The van der Waals surface area contributed by atoms with Crippen molar-refractivity contribution in [1.29, 1.82) is 0 Å². The molecule has 0 unspecified atom stereocenters. The predicted molar refractivity (Wildman–Crippen MR) is 76.6 cm³/mol. The van der Waals surface area contributed by atoms with Crippen LogP contribution in [0.5, 0.6) is 0 Å². The van der Waals surface area contributed by atoms with Gasteiger partial charge in [0.05, 0.1) is 0 Å². The molecular weight excluding hydrogens is 193 g/mol. The van der Waals surface area contributed by atoms with Crippen LogP contribution in [0.15, 0.2) is 73.2 Å². The SMILES string of the molecule is BN(/C(C=C)=C/C=C)C(/C=C\C=C/C)=C/C. The zero-order chi connectivity index (χ0) is 12.4. The Labute approximate surface area is 100 Å². The van der Waals surface area contributed by atoms with E-state index in [2.05, 4.69) is 30.1 Å². The fourth-order valence-electron chi connectivity index (χ4n) is 1.25. The first-order chi connectivity index (χ1) is 7.71. The minimum atomic E-state index is 1.02. The number of allylic oxidation sites excluding steroid dienone is 8. The van der Waals surface area contributed by atoms with Gasteiger partial charge in [0, 0.05) is 11.4 Å². The molecule has 0 heterocycles. The highest BCUT2D eigenvalue weighted by Crippen LogP contribution is 2.12. The molecule has 16 heavy (non-hydrogen) atoms. The van der Waals surface area contributed by atoms with Gasteiger partial charge >= 0.3 is 0 Å². The van der Waals surface area contributed by atoms with Gasteiger partial charge in [-0.3, -0.25) is 0 Å². The Morgan fingerprint density at radius 3 is 2.25 bits per heavy atom. The number of nitrogens with zero attached hydrogens (tertiary/aromatic N) is 1. The summed E-state index contributed by atoms with van der Waals surface area (Å²) < 4.78 is 0. The fourth-order valence-corrected chi connectivity index (χ4v) is 1.25. The highest BCUT2D eigenvalue weighted by Gasteiger charge is 2.01. The van der Waals surface area contributed by atoms with Crippen molar-refractivity contribution in [3.05, 3.63) is 73.2 Å². The molecule has 0 aromatic heterocycles. The maximum atomic E-state index is 3.79. The van der Waals surface area contributed by atoms with Crippen LogP contribution in [-0.2, 0) is 0 Å². The van der Waals surface area contributed by atoms with E-state index in [9.17, 15) is 0 Å². The maximum absolute atomic E-state index is 3.79. The lowest BCUT2D eigenvalue weighted by atomic mass is 10.1. The quantitative estimate of drug-likeness (QED) is 0.484. The van der Waals surface area contributed by atoms with Crippen molar-refractivity contribution < 1.29 is 0 Å². The van der Waals surface area contributed by atoms with E-state index in [0.29, 0.717) is 0 Å². The highest BCUT2D eigenvalue weighted by atomic mass is 15.0. The van der Waals surface area contributed by atoms with E-state index in [-0.39, 0.29) is 0 Å². The summed E-state index contributed by atoms with van der Waals surface area (Å²) in [6, 6.07) is 0. The molecule has 0 saturated carbocycles. The van der Waals surface area contributed by atoms with Gasteiger partial charge in [-0.25, -0.2) is 0 Å². The van der Waals surface area contributed by atoms with Crippen LogP contribution >= 0.6 is 0 Å². The lowest BCUT2D eigenvalue weighted by molar-refractivity contribution is 0.726. The van der Waals surface area contributed by atoms with E-state index >= 15 is 0 Å². The van der Waals surface area contributed by atoms with Crippen LogP contribution in [-0.4, -0.2) is 12.8 Å². The van der Waals surface area contributed by atoms with Crippen LogP contribution in [0, 0.1) is 0 Å². The minimum absolute atomic E-state index is 1.02. The standard InChI is InChI=1S/C14H20BN/c1-5-9-10-12-14(8-4)16(15)13(7-3)11-6-2/h5-12H,2-3,15H2,1,4H3/b9-5-,12-10-,13-11+,14-8+. The van der Waals surface area contributed by atoms with E-state index in [4.69, 9.17) is 0 Å². The van der Waals surface area contributed by atoms with Crippen molar-refractivity contribution in [2.45, 2.75) is 13.8 Å². The van der Waals surface area contributed by atoms with Crippen molar-refractivity contribution in [3.8, 4) is 0 Å². The van der Waals surface area contributed by atoms with Gasteiger partial charge in [-0.2, -0.15) is 0 Å². The first kappa shape index (κ1) is 14.3. The van der Waals surface area contributed by atoms with Crippen molar-refractivity contribution in [3.63, 3.8) is 0 Å². The molecule has 2 heteroatoms. The monoisotopic (exact) mass is 213 g/mol. The van der Waals surface area contributed by atoms with Gasteiger partial charge < -0.3 is 4.81 Å². The second kappa shape index (κ2) is 8.60. The van der Waals surface area contributed by atoms with Gasteiger partial charge in [0.25, 0.3) is 0 Å². The highest BCUT2D eigenvalue weighted by molar-refractivity contribution is 6.07. The van der Waals surface area contributed by atoms with E-state index in [1.54, 1.807) is 6.08 Å². The molecule has 0 aromatic carbocycles. The molecule has 0 rings (SSSR count). The molecule has 0 atom stereocenters. The smallest absolute Gasteiger partial charge is 0.223 e. The minimum Gasteiger partial charge on any atom is -0.394 e. The fraction of sp³-hybridized carbons (Fsp3) is 0.143. The van der Waals surface area contributed by atoms with Crippen LogP contribution < -0.4 is 0 Å². The lowest BCUT2D eigenvalue weighted by Crippen LogP contribution is -2.16. The average molecular weight is 213 g/mol. The van der Waals surface area contributed by atoms with Crippen LogP contribution in [0.1, 0.15) is 13.8 Å². The van der Waals surface area contributed by atoms with Gasteiger partial charge in [0.2, 0.25) is 7.98 Å². The Kier molecular flexibility index (Phi) is 7.69. The first-order valence-corrected chi connectivity index (χ1v) is 5.35. The molecule has 0 spiro atoms. The summed E-state index contributed by atoms with van der Waals surface area (Å²) in [5.41, 5.74) is 2.14. The van der Waals surface area contributed by atoms with Crippen molar-refractivity contribution in [1.82, 2.24) is 4.81 Å². The van der Waals surface area contributed by atoms with Gasteiger partial charge in [0.15, 0.2) is 0 Å². The summed E-state index contributed by atoms with van der Waals surface area (Å²) >= 11 is 0. The van der Waals surface area contributed by atoms with Gasteiger partial charge in [0.1, 0.15) is 0 Å². The van der Waals surface area contributed by atoms with Crippen molar-refractivity contribution in [2.75, 3.05) is 0 Å². The van der Waals surface area contributed by atoms with Crippen LogP contribution in [0.2, 0.25) is 0 Å². The normalized spacial score (nSPS) is 13.4. The maximum Gasteiger partial charge on any atom is 0.223 e. The van der Waals surface area contributed by atoms with Crippen LogP contribution in [0.25, 0.3) is 0 Å². The third kappa shape index (κ3) is 4.69. The second-order valence-corrected chi connectivity index (χ2v) is 3.19. The Balaban J connectivity index is 4.91. The second-order valence-electron chi connectivity index (χ2n) is 3.19. The van der Waals surface area contributed by atoms with E-state index in [1.807, 2.05) is 52.2 Å². The molecule has 1 nitrogen and oxygen atoms in total. The van der Waals surface area contributed by atoms with Gasteiger partial charge in [-0.05, 0) is 32.1 Å². The Morgan fingerprint density at radius 1 is 1.12 bits per heavy atom. The summed E-state index contributed by atoms with van der Waals surface area (Å²) in [6.45, 7) is 11.5. The van der Waals surface area contributed by atoms with Crippen LogP contribution in [0.4, 0.5) is 0 Å². The molecule has 0 radical (unpaired) electrons. The number of hydrogen-bond acceptors (Lipinski definition) is 1. The molecule has 0 bridgehead atoms. The van der Waals surface area contributed by atoms with E-state index < -0.39 is 0 Å². The summed E-state index contributed by atoms with van der Waals surface area (Å²) in [6.07, 6.45) is 15.6. The zero-order valence-corrected chi connectivity index (χ0v) is 10.5. The third-order valence-corrected chi connectivity index (χ3v) is 2.14. The molecule has 0 fully saturated rings. The van der Waals surface area contributed by atoms with E-state index in [0.717, 1.165) is 11.4 Å². The Hall–Kier alpha value is -1.70. The molecule has 0 N–H and O–H groups in total. The Bertz CT molecular complexity index is 346. The van der Waals surface area contributed by atoms with Gasteiger partial charge in [-0.1, -0.05) is 43.5 Å². The topological polar surface area (TPSA) is 3.24 Å². The number of hydrogen-bond donors (Lipinski definition) is 0. The molecule has 0 saturated heterocycles. The average Bonchev–Trinajstić information content (AvgIpc) is 2.31. The predicted octanol–water partition coefficient (Wildman–Crippen LogP) is 3.13. The van der Waals surface area contributed by atoms with Crippen LogP contribution in [0.3, 0.4) is 0 Å².